The number of benzene rings is 2. The Labute approximate surface area is 220 Å². The molecule has 0 saturated heterocycles. The van der Waals surface area contributed by atoms with Crippen molar-refractivity contribution in [2.45, 2.75) is 44.2 Å². The summed E-state index contributed by atoms with van der Waals surface area (Å²) >= 11 is 1.40. The van der Waals surface area contributed by atoms with Crippen molar-refractivity contribution in [3.05, 3.63) is 82.3 Å². The fraction of sp³-hybridized carbons (Fsp3) is 0.259. The van der Waals surface area contributed by atoms with Gasteiger partial charge in [0.15, 0.2) is 5.76 Å². The number of hydrogen-bond donors (Lipinski definition) is 1. The number of rotatable bonds is 6. The fourth-order valence-corrected chi connectivity index (χ4v) is 5.38. The van der Waals surface area contributed by atoms with Crippen molar-refractivity contribution in [1.29, 1.82) is 0 Å². The molecule has 0 saturated carbocycles. The molecule has 38 heavy (non-hydrogen) atoms. The summed E-state index contributed by atoms with van der Waals surface area (Å²) in [6.07, 6.45) is -3.56. The molecule has 196 valence electrons. The number of nitrogens with one attached hydrogen (secondary N) is 1. The van der Waals surface area contributed by atoms with Crippen LogP contribution in [-0.4, -0.2) is 21.7 Å². The highest BCUT2D eigenvalue weighted by molar-refractivity contribution is 7.99. The van der Waals surface area contributed by atoms with Gasteiger partial charge in [-0.2, -0.15) is 13.2 Å². The lowest BCUT2D eigenvalue weighted by molar-refractivity contribution is -0.764. The van der Waals surface area contributed by atoms with E-state index in [0.29, 0.717) is 16.4 Å². The van der Waals surface area contributed by atoms with Gasteiger partial charge >= 0.3 is 23.6 Å². The number of aromatic amines is 1. The molecule has 3 heterocycles. The number of furan rings is 1. The summed E-state index contributed by atoms with van der Waals surface area (Å²) in [7, 11) is 0. The number of H-pyrrole nitrogens is 1. The molecule has 0 aliphatic carbocycles. The molecular weight excluding hydrogens is 517 g/mol. The first-order valence-corrected chi connectivity index (χ1v) is 13.0. The molecule has 2 aromatic heterocycles. The molecule has 1 atom stereocenters. The molecule has 1 aliphatic rings. The number of anilines is 1. The number of unbranched alkanes of at least 4 members (excludes halogenated alkanes) is 1. The largest absolute Gasteiger partial charge is 0.452 e. The van der Waals surface area contributed by atoms with Crippen LogP contribution in [0.5, 0.6) is 0 Å². The molecule has 1 N–H and O–H groups in total. The number of amides is 1. The van der Waals surface area contributed by atoms with Gasteiger partial charge in [0.1, 0.15) is 5.76 Å². The predicted octanol–water partition coefficient (Wildman–Crippen LogP) is 5.81. The van der Waals surface area contributed by atoms with E-state index in [2.05, 4.69) is 17.0 Å². The van der Waals surface area contributed by atoms with Crippen molar-refractivity contribution in [3.63, 3.8) is 0 Å². The van der Waals surface area contributed by atoms with E-state index in [1.807, 2.05) is 0 Å². The zero-order valence-corrected chi connectivity index (χ0v) is 21.4. The summed E-state index contributed by atoms with van der Waals surface area (Å²) in [6.45, 7) is 3.46. The highest BCUT2D eigenvalue weighted by Crippen LogP contribution is 2.39. The van der Waals surface area contributed by atoms with Gasteiger partial charge < -0.3 is 4.42 Å². The minimum absolute atomic E-state index is 0.193. The highest BCUT2D eigenvalue weighted by Gasteiger charge is 2.46. The van der Waals surface area contributed by atoms with E-state index in [-0.39, 0.29) is 34.2 Å². The maximum atomic E-state index is 13.3. The number of thioether (sulfide) groups is 1. The minimum atomic E-state index is -4.50. The summed E-state index contributed by atoms with van der Waals surface area (Å²) < 4.78 is 47.4. The van der Waals surface area contributed by atoms with Gasteiger partial charge in [-0.15, -0.1) is 0 Å². The summed E-state index contributed by atoms with van der Waals surface area (Å²) in [5.74, 6) is 0.866. The highest BCUT2D eigenvalue weighted by atomic mass is 32.2. The quantitative estimate of drug-likeness (QED) is 0.189. The SMILES string of the molecule is CCCCSc1n[n+]2c(c(=O)[nH]1)-c1ccccc1N(C(C)=O)C2c1ccc(-c2cccc(C(F)(F)F)c2)o1. The van der Waals surface area contributed by atoms with Gasteiger partial charge in [0.2, 0.25) is 11.1 Å². The molecule has 2 aromatic carbocycles. The molecule has 4 aromatic rings. The van der Waals surface area contributed by atoms with Crippen LogP contribution in [0.3, 0.4) is 0 Å². The van der Waals surface area contributed by atoms with Gasteiger partial charge in [0, 0.05) is 23.3 Å². The second-order valence-corrected chi connectivity index (χ2v) is 9.90. The molecule has 5 rings (SSSR count). The minimum Gasteiger partial charge on any atom is -0.452 e. The third-order valence-corrected chi connectivity index (χ3v) is 7.14. The van der Waals surface area contributed by atoms with E-state index in [0.717, 1.165) is 30.7 Å². The molecule has 7 nitrogen and oxygen atoms in total. The van der Waals surface area contributed by atoms with Crippen LogP contribution >= 0.6 is 11.8 Å². The van der Waals surface area contributed by atoms with Crippen LogP contribution in [0.4, 0.5) is 18.9 Å². The van der Waals surface area contributed by atoms with Crippen molar-refractivity contribution >= 4 is 23.4 Å². The van der Waals surface area contributed by atoms with E-state index in [4.69, 9.17) is 4.42 Å². The smallest absolute Gasteiger partial charge is 0.416 e. The number of carbonyl (C=O) groups excluding carboxylic acids is 1. The standard InChI is InChI=1S/C27H23F3N4O3S/c1-3-4-14-38-26-31-24(36)23-19-10-5-6-11-20(19)33(16(2)35)25(34(23)32-26)22-13-12-21(37-22)17-8-7-9-18(15-17)27(28,29)30/h5-13,15,25H,3-4,14H2,1-2H3/p+1. The first kappa shape index (κ1) is 25.8. The van der Waals surface area contributed by atoms with Gasteiger partial charge in [-0.3, -0.25) is 14.6 Å². The molecular formula is C27H24F3N4O3S+. The van der Waals surface area contributed by atoms with Crippen molar-refractivity contribution in [1.82, 2.24) is 10.1 Å². The van der Waals surface area contributed by atoms with Crippen molar-refractivity contribution in [2.24, 2.45) is 0 Å². The summed E-state index contributed by atoms with van der Waals surface area (Å²) in [5.41, 5.74) is 0.343. The van der Waals surface area contributed by atoms with Crippen LogP contribution in [0.2, 0.25) is 0 Å². The van der Waals surface area contributed by atoms with E-state index >= 15 is 0 Å². The van der Waals surface area contributed by atoms with E-state index < -0.39 is 17.9 Å². The van der Waals surface area contributed by atoms with E-state index in [1.165, 1.54) is 40.4 Å². The van der Waals surface area contributed by atoms with Gasteiger partial charge in [0.05, 0.1) is 16.8 Å². The van der Waals surface area contributed by atoms with Crippen LogP contribution in [0, 0.1) is 0 Å². The first-order chi connectivity index (χ1) is 18.2. The lowest BCUT2D eigenvalue weighted by Crippen LogP contribution is -2.60. The number of hydrogen-bond acceptors (Lipinski definition) is 5. The normalized spacial score (nSPS) is 14.8. The molecule has 0 radical (unpaired) electrons. The third kappa shape index (κ3) is 4.73. The average molecular weight is 542 g/mol. The molecule has 0 bridgehead atoms. The van der Waals surface area contributed by atoms with Crippen LogP contribution in [0.1, 0.15) is 44.2 Å². The zero-order valence-electron chi connectivity index (χ0n) is 20.6. The average Bonchev–Trinajstić information content (AvgIpc) is 3.37. The monoisotopic (exact) mass is 541 g/mol. The van der Waals surface area contributed by atoms with Crippen LogP contribution in [0.25, 0.3) is 22.6 Å². The Morgan fingerprint density at radius 1 is 1.16 bits per heavy atom. The van der Waals surface area contributed by atoms with Gasteiger partial charge in [-0.1, -0.05) is 49.4 Å². The molecule has 1 aliphatic heterocycles. The van der Waals surface area contributed by atoms with E-state index in [1.54, 1.807) is 36.4 Å². The Kier molecular flexibility index (Phi) is 6.87. The Hall–Kier alpha value is -3.86. The van der Waals surface area contributed by atoms with Gasteiger partial charge in [0.25, 0.3) is 0 Å². The Morgan fingerprint density at radius 2 is 1.95 bits per heavy atom. The Bertz CT molecular complexity index is 1560. The number of nitrogens with zero attached hydrogens (tertiary/aromatic N) is 3. The molecule has 0 spiro atoms. The van der Waals surface area contributed by atoms with Crippen molar-refractivity contribution in [3.8, 4) is 22.6 Å². The fourth-order valence-electron chi connectivity index (χ4n) is 4.44. The van der Waals surface area contributed by atoms with Crippen LogP contribution in [-0.2, 0) is 11.0 Å². The molecule has 1 amide bonds. The van der Waals surface area contributed by atoms with E-state index in [9.17, 15) is 22.8 Å². The first-order valence-electron chi connectivity index (χ1n) is 12.0. The third-order valence-electron chi connectivity index (χ3n) is 6.19. The number of aromatic nitrogens is 3. The number of alkyl halides is 3. The number of fused-ring (bicyclic) bond motifs is 3. The lowest BCUT2D eigenvalue weighted by atomic mass is 10.0. The Balaban J connectivity index is 1.67. The van der Waals surface area contributed by atoms with Crippen LogP contribution in [0.15, 0.2) is 75.0 Å². The predicted molar refractivity (Wildman–Crippen MR) is 137 cm³/mol. The molecule has 0 fully saturated rings. The van der Waals surface area contributed by atoms with Gasteiger partial charge in [-0.25, -0.2) is 4.90 Å². The van der Waals surface area contributed by atoms with Crippen LogP contribution < -0.4 is 15.1 Å². The number of para-hydroxylation sites is 1. The Morgan fingerprint density at radius 3 is 2.68 bits per heavy atom. The zero-order chi connectivity index (χ0) is 27.0. The number of carbonyl (C=O) groups is 1. The second-order valence-electron chi connectivity index (χ2n) is 8.81. The maximum absolute atomic E-state index is 13.3. The summed E-state index contributed by atoms with van der Waals surface area (Å²) in [5, 5.41) is 5.08. The van der Waals surface area contributed by atoms with Gasteiger partial charge in [-0.05, 0) is 47.5 Å². The molecule has 11 heteroatoms. The van der Waals surface area contributed by atoms with Crippen molar-refractivity contribution < 1.29 is 27.1 Å². The summed E-state index contributed by atoms with van der Waals surface area (Å²) in [6, 6.07) is 15.0. The molecule has 1 unspecified atom stereocenters. The lowest BCUT2D eigenvalue weighted by Gasteiger charge is -2.30. The maximum Gasteiger partial charge on any atom is 0.416 e. The summed E-state index contributed by atoms with van der Waals surface area (Å²) in [4.78, 5) is 30.6. The van der Waals surface area contributed by atoms with Crippen molar-refractivity contribution in [2.75, 3.05) is 10.7 Å². The number of halogens is 3. The second kappa shape index (κ2) is 10.1. The topological polar surface area (TPSA) is 83.1 Å².